The van der Waals surface area contributed by atoms with E-state index in [1.165, 1.54) is 11.1 Å². The van der Waals surface area contributed by atoms with Gasteiger partial charge in [-0.05, 0) is 18.1 Å². The van der Waals surface area contributed by atoms with Crippen LogP contribution in [0.5, 0.6) is 0 Å². The molecule has 0 aliphatic rings. The van der Waals surface area contributed by atoms with Crippen LogP contribution in [0.3, 0.4) is 0 Å². The number of hydrogen-bond acceptors (Lipinski definition) is 0. The first-order chi connectivity index (χ1) is 8.27. The van der Waals surface area contributed by atoms with Crippen LogP contribution in [0.4, 0.5) is 0 Å². The van der Waals surface area contributed by atoms with Crippen LogP contribution in [-0.2, 0) is 0 Å². The Kier molecular flexibility index (Phi) is 8.40. The van der Waals surface area contributed by atoms with E-state index in [1.54, 1.807) is 6.08 Å². The summed E-state index contributed by atoms with van der Waals surface area (Å²) in [5, 5.41) is 0. The molecule has 0 saturated heterocycles. The fraction of sp³-hybridized carbons (Fsp3) is 0.176. The lowest BCUT2D eigenvalue weighted by Crippen LogP contribution is -1.80. The molecule has 0 nitrogen and oxygen atoms in total. The second kappa shape index (κ2) is 9.41. The van der Waals surface area contributed by atoms with E-state index in [0.29, 0.717) is 0 Å². The average Bonchev–Trinajstić information content (AvgIpc) is 2.40. The van der Waals surface area contributed by atoms with Crippen molar-refractivity contribution in [1.29, 1.82) is 0 Å². The van der Waals surface area contributed by atoms with Gasteiger partial charge in [0.2, 0.25) is 0 Å². The minimum Gasteiger partial charge on any atom is -0.0991 e. The smallest absolute Gasteiger partial charge is 0.0181 e. The van der Waals surface area contributed by atoms with Gasteiger partial charge in [0.15, 0.2) is 0 Å². The Balaban J connectivity index is 0.00000121. The minimum absolute atomic E-state index is 1.16. The first-order valence-corrected chi connectivity index (χ1v) is 5.97. The maximum Gasteiger partial charge on any atom is -0.0181 e. The highest BCUT2D eigenvalue weighted by Gasteiger charge is 1.94. The summed E-state index contributed by atoms with van der Waals surface area (Å²) in [6.07, 6.45) is 9.75. The Morgan fingerprint density at radius 1 is 1.06 bits per heavy atom. The lowest BCUT2D eigenvalue weighted by Gasteiger charge is -2.01. The zero-order chi connectivity index (χ0) is 13.1. The van der Waals surface area contributed by atoms with Crippen LogP contribution in [0.25, 0.3) is 12.2 Å². The molecule has 0 aromatic heterocycles. The van der Waals surface area contributed by atoms with Crippen molar-refractivity contribution in [3.05, 3.63) is 72.4 Å². The van der Waals surface area contributed by atoms with E-state index in [2.05, 4.69) is 37.4 Å². The quantitative estimate of drug-likeness (QED) is 0.594. The summed E-state index contributed by atoms with van der Waals surface area (Å²) in [6.45, 7) is 13.5. The van der Waals surface area contributed by atoms with Gasteiger partial charge in [0.05, 0.1) is 0 Å². The first kappa shape index (κ1) is 15.2. The van der Waals surface area contributed by atoms with E-state index in [-0.39, 0.29) is 0 Å². The van der Waals surface area contributed by atoms with E-state index in [0.717, 1.165) is 5.57 Å². The van der Waals surface area contributed by atoms with Crippen LogP contribution in [0, 0.1) is 0 Å². The molecule has 1 rings (SSSR count). The molecule has 0 aliphatic carbocycles. The third kappa shape index (κ3) is 5.72. The van der Waals surface area contributed by atoms with E-state index in [4.69, 9.17) is 0 Å². The zero-order valence-corrected chi connectivity index (χ0v) is 11.1. The van der Waals surface area contributed by atoms with Gasteiger partial charge in [-0.2, -0.15) is 0 Å². The van der Waals surface area contributed by atoms with E-state index in [9.17, 15) is 0 Å². The van der Waals surface area contributed by atoms with Crippen LogP contribution in [-0.4, -0.2) is 0 Å². The van der Waals surface area contributed by atoms with Gasteiger partial charge < -0.3 is 0 Å². The average molecular weight is 226 g/mol. The number of hydrogen-bond donors (Lipinski definition) is 0. The summed E-state index contributed by atoms with van der Waals surface area (Å²) in [6, 6.07) is 8.24. The highest BCUT2D eigenvalue weighted by atomic mass is 14.0. The number of allylic oxidation sites excluding steroid dienone is 4. The predicted molar refractivity (Wildman–Crippen MR) is 80.9 cm³/mol. The van der Waals surface area contributed by atoms with E-state index in [1.807, 2.05) is 45.1 Å². The van der Waals surface area contributed by atoms with Crippen LogP contribution in [0.1, 0.15) is 31.9 Å². The Labute approximate surface area is 106 Å². The molecule has 0 amide bonds. The maximum absolute atomic E-state index is 3.75. The largest absolute Gasteiger partial charge is 0.0991 e. The first-order valence-electron chi connectivity index (χ1n) is 5.97. The summed E-state index contributed by atoms with van der Waals surface area (Å²) in [4.78, 5) is 0. The highest BCUT2D eigenvalue weighted by molar-refractivity contribution is 5.67. The SMILES string of the molecule is C=C/C=C/c1ccccc1/C=C(\C)C=C.CC. The summed E-state index contributed by atoms with van der Waals surface area (Å²) >= 11 is 0. The monoisotopic (exact) mass is 226 g/mol. The molecule has 1 aromatic carbocycles. The third-order valence-corrected chi connectivity index (χ3v) is 2.11. The summed E-state index contributed by atoms with van der Waals surface area (Å²) in [7, 11) is 0. The van der Waals surface area contributed by atoms with E-state index < -0.39 is 0 Å². The molecule has 0 N–H and O–H groups in total. The Morgan fingerprint density at radius 3 is 2.18 bits per heavy atom. The van der Waals surface area contributed by atoms with Crippen molar-refractivity contribution < 1.29 is 0 Å². The maximum atomic E-state index is 3.75. The molecule has 0 heterocycles. The molecular weight excluding hydrogens is 204 g/mol. The van der Waals surface area contributed by atoms with Crippen molar-refractivity contribution in [3.63, 3.8) is 0 Å². The standard InChI is InChI=1S/C15H16.C2H6/c1-4-6-9-14-10-7-8-11-15(14)12-13(3)5-2;1-2/h4-12H,1-2H2,3H3;1-2H3/b9-6+,13-12+;. The van der Waals surface area contributed by atoms with Crippen molar-refractivity contribution in [2.75, 3.05) is 0 Å². The van der Waals surface area contributed by atoms with Crippen molar-refractivity contribution in [2.45, 2.75) is 20.8 Å². The van der Waals surface area contributed by atoms with Gasteiger partial charge in [0.1, 0.15) is 0 Å². The Bertz CT molecular complexity index is 406. The molecule has 17 heavy (non-hydrogen) atoms. The minimum atomic E-state index is 1.16. The van der Waals surface area contributed by atoms with Crippen molar-refractivity contribution in [2.24, 2.45) is 0 Å². The van der Waals surface area contributed by atoms with Crippen LogP contribution in [0.15, 0.2) is 61.2 Å². The van der Waals surface area contributed by atoms with Gasteiger partial charge in [-0.1, -0.05) is 87.2 Å². The lowest BCUT2D eigenvalue weighted by atomic mass is 10.0. The fourth-order valence-corrected chi connectivity index (χ4v) is 1.27. The molecule has 0 aliphatic heterocycles. The van der Waals surface area contributed by atoms with Crippen molar-refractivity contribution >= 4 is 12.2 Å². The van der Waals surface area contributed by atoms with Gasteiger partial charge in [0.25, 0.3) is 0 Å². The zero-order valence-electron chi connectivity index (χ0n) is 11.1. The molecular formula is C17H22. The van der Waals surface area contributed by atoms with Gasteiger partial charge in [-0.15, -0.1) is 0 Å². The second-order valence-corrected chi connectivity index (χ2v) is 3.32. The third-order valence-electron chi connectivity index (χ3n) is 2.11. The molecule has 0 heteroatoms. The van der Waals surface area contributed by atoms with Gasteiger partial charge in [-0.3, -0.25) is 0 Å². The van der Waals surface area contributed by atoms with Gasteiger partial charge in [0, 0.05) is 0 Å². The summed E-state index contributed by atoms with van der Waals surface area (Å²) < 4.78 is 0. The topological polar surface area (TPSA) is 0 Å². The van der Waals surface area contributed by atoms with Crippen molar-refractivity contribution in [3.8, 4) is 0 Å². The summed E-state index contributed by atoms with van der Waals surface area (Å²) in [5.74, 6) is 0. The van der Waals surface area contributed by atoms with Crippen LogP contribution < -0.4 is 0 Å². The molecule has 0 radical (unpaired) electrons. The van der Waals surface area contributed by atoms with E-state index >= 15 is 0 Å². The van der Waals surface area contributed by atoms with Gasteiger partial charge in [-0.25, -0.2) is 0 Å². The van der Waals surface area contributed by atoms with Crippen LogP contribution in [0.2, 0.25) is 0 Å². The molecule has 0 bridgehead atoms. The Morgan fingerprint density at radius 2 is 1.65 bits per heavy atom. The number of benzene rings is 1. The predicted octanol–water partition coefficient (Wildman–Crippen LogP) is 5.50. The molecule has 0 unspecified atom stereocenters. The van der Waals surface area contributed by atoms with Crippen LogP contribution >= 0.6 is 0 Å². The molecule has 0 spiro atoms. The molecule has 90 valence electrons. The molecule has 0 saturated carbocycles. The van der Waals surface area contributed by atoms with Crippen molar-refractivity contribution in [1.82, 2.24) is 0 Å². The highest BCUT2D eigenvalue weighted by Crippen LogP contribution is 2.15. The summed E-state index contributed by atoms with van der Waals surface area (Å²) in [5.41, 5.74) is 3.56. The Hall–Kier alpha value is -1.82. The normalized spacial score (nSPS) is 10.6. The molecule has 0 fully saturated rings. The second-order valence-electron chi connectivity index (χ2n) is 3.32. The number of rotatable bonds is 4. The van der Waals surface area contributed by atoms with Gasteiger partial charge >= 0.3 is 0 Å². The molecule has 0 atom stereocenters. The lowest BCUT2D eigenvalue weighted by molar-refractivity contribution is 1.50. The molecule has 1 aromatic rings. The fourth-order valence-electron chi connectivity index (χ4n) is 1.27.